The van der Waals surface area contributed by atoms with Crippen LogP contribution >= 0.6 is 0 Å². The fourth-order valence-electron chi connectivity index (χ4n) is 1.89. The molecule has 0 bridgehead atoms. The van der Waals surface area contributed by atoms with Crippen LogP contribution in [0.2, 0.25) is 0 Å². The van der Waals surface area contributed by atoms with E-state index in [4.69, 9.17) is 0 Å². The van der Waals surface area contributed by atoms with Gasteiger partial charge in [0.15, 0.2) is 0 Å². The second kappa shape index (κ2) is 9.75. The minimum Gasteiger partial charge on any atom is -0.317 e. The van der Waals surface area contributed by atoms with Gasteiger partial charge in [-0.2, -0.15) is 4.31 Å². The van der Waals surface area contributed by atoms with Crippen molar-refractivity contribution in [2.45, 2.75) is 59.4 Å². The van der Waals surface area contributed by atoms with Gasteiger partial charge in [-0.1, -0.05) is 13.8 Å². The molecule has 0 heterocycles. The van der Waals surface area contributed by atoms with Crippen LogP contribution in [0.15, 0.2) is 0 Å². The molecular weight excluding hydrogens is 248 g/mol. The Kier molecular flexibility index (Phi) is 9.68. The standard InChI is InChI=1S/C13H30N2O2S/c1-5-9-14-10-7-8-12-18(16,17)15(11-6-2)13(3)4/h13-14H,5-12H2,1-4H3. The summed E-state index contributed by atoms with van der Waals surface area (Å²) >= 11 is 0. The predicted octanol–water partition coefficient (Wildman–Crippen LogP) is 2.22. The molecule has 5 heteroatoms. The van der Waals surface area contributed by atoms with Gasteiger partial charge in [-0.25, -0.2) is 8.42 Å². The van der Waals surface area contributed by atoms with Gasteiger partial charge >= 0.3 is 0 Å². The topological polar surface area (TPSA) is 49.4 Å². The number of nitrogens with zero attached hydrogens (tertiary/aromatic N) is 1. The first kappa shape index (κ1) is 17.9. The van der Waals surface area contributed by atoms with Crippen molar-refractivity contribution < 1.29 is 8.42 Å². The predicted molar refractivity (Wildman–Crippen MR) is 78.3 cm³/mol. The first-order valence-electron chi connectivity index (χ1n) is 7.16. The molecule has 18 heavy (non-hydrogen) atoms. The Hall–Kier alpha value is -0.130. The largest absolute Gasteiger partial charge is 0.317 e. The van der Waals surface area contributed by atoms with Crippen molar-refractivity contribution in [1.82, 2.24) is 9.62 Å². The van der Waals surface area contributed by atoms with Gasteiger partial charge in [0.1, 0.15) is 0 Å². The van der Waals surface area contributed by atoms with Crippen LogP contribution in [0.25, 0.3) is 0 Å². The number of hydrogen-bond donors (Lipinski definition) is 1. The van der Waals surface area contributed by atoms with E-state index in [9.17, 15) is 8.42 Å². The molecule has 1 N–H and O–H groups in total. The van der Waals surface area contributed by atoms with Gasteiger partial charge in [-0.05, 0) is 52.6 Å². The molecule has 0 saturated carbocycles. The van der Waals surface area contributed by atoms with Crippen molar-refractivity contribution in [2.75, 3.05) is 25.4 Å². The van der Waals surface area contributed by atoms with E-state index in [1.165, 1.54) is 0 Å². The van der Waals surface area contributed by atoms with E-state index in [1.807, 2.05) is 20.8 Å². The second-order valence-corrected chi connectivity index (χ2v) is 7.02. The Bertz CT molecular complexity index is 289. The van der Waals surface area contributed by atoms with Crippen molar-refractivity contribution in [3.63, 3.8) is 0 Å². The summed E-state index contributed by atoms with van der Waals surface area (Å²) < 4.78 is 25.9. The summed E-state index contributed by atoms with van der Waals surface area (Å²) in [6.07, 6.45) is 3.66. The van der Waals surface area contributed by atoms with Crippen LogP contribution in [-0.2, 0) is 10.0 Å². The van der Waals surface area contributed by atoms with Crippen LogP contribution in [-0.4, -0.2) is 44.2 Å². The van der Waals surface area contributed by atoms with Crippen molar-refractivity contribution in [3.05, 3.63) is 0 Å². The van der Waals surface area contributed by atoms with Gasteiger partial charge < -0.3 is 5.32 Å². The highest BCUT2D eigenvalue weighted by Gasteiger charge is 2.23. The first-order chi connectivity index (χ1) is 8.45. The molecule has 0 radical (unpaired) electrons. The molecule has 0 unspecified atom stereocenters. The quantitative estimate of drug-likeness (QED) is 0.590. The van der Waals surface area contributed by atoms with Crippen LogP contribution < -0.4 is 5.32 Å². The van der Waals surface area contributed by atoms with E-state index < -0.39 is 10.0 Å². The highest BCUT2D eigenvalue weighted by atomic mass is 32.2. The molecule has 0 spiro atoms. The normalized spacial score (nSPS) is 12.6. The third-order valence-corrected chi connectivity index (χ3v) is 4.93. The van der Waals surface area contributed by atoms with Gasteiger partial charge in [0.2, 0.25) is 10.0 Å². The van der Waals surface area contributed by atoms with E-state index in [-0.39, 0.29) is 11.8 Å². The maximum Gasteiger partial charge on any atom is 0.214 e. The third kappa shape index (κ3) is 7.34. The van der Waals surface area contributed by atoms with Gasteiger partial charge in [-0.3, -0.25) is 0 Å². The van der Waals surface area contributed by atoms with Crippen LogP contribution in [0.1, 0.15) is 53.4 Å². The minimum absolute atomic E-state index is 0.0631. The summed E-state index contributed by atoms with van der Waals surface area (Å²) in [6, 6.07) is 0.0631. The number of unbranched alkanes of at least 4 members (excludes halogenated alkanes) is 1. The van der Waals surface area contributed by atoms with Gasteiger partial charge in [0, 0.05) is 12.6 Å². The lowest BCUT2D eigenvalue weighted by Crippen LogP contribution is -2.39. The van der Waals surface area contributed by atoms with E-state index >= 15 is 0 Å². The maximum absolute atomic E-state index is 12.2. The van der Waals surface area contributed by atoms with Crippen molar-refractivity contribution >= 4 is 10.0 Å². The number of sulfonamides is 1. The molecule has 0 amide bonds. The van der Waals surface area contributed by atoms with E-state index in [0.717, 1.165) is 38.8 Å². The number of rotatable bonds is 11. The summed E-state index contributed by atoms with van der Waals surface area (Å²) in [5.41, 5.74) is 0. The van der Waals surface area contributed by atoms with Gasteiger partial charge in [0.05, 0.1) is 5.75 Å². The van der Waals surface area contributed by atoms with E-state index in [2.05, 4.69) is 12.2 Å². The van der Waals surface area contributed by atoms with Crippen molar-refractivity contribution in [3.8, 4) is 0 Å². The lowest BCUT2D eigenvalue weighted by molar-refractivity contribution is 0.353. The van der Waals surface area contributed by atoms with Crippen LogP contribution in [0.4, 0.5) is 0 Å². The van der Waals surface area contributed by atoms with E-state index in [0.29, 0.717) is 6.54 Å². The van der Waals surface area contributed by atoms with Gasteiger partial charge in [-0.15, -0.1) is 0 Å². The Morgan fingerprint density at radius 2 is 1.72 bits per heavy atom. The summed E-state index contributed by atoms with van der Waals surface area (Å²) in [7, 11) is -3.07. The molecule has 0 aliphatic rings. The molecule has 4 nitrogen and oxygen atoms in total. The lowest BCUT2D eigenvalue weighted by atomic mass is 10.3. The van der Waals surface area contributed by atoms with Gasteiger partial charge in [0.25, 0.3) is 0 Å². The number of nitrogens with one attached hydrogen (secondary N) is 1. The van der Waals surface area contributed by atoms with Crippen LogP contribution in [0, 0.1) is 0 Å². The molecule has 0 saturated heterocycles. The fourth-order valence-corrected chi connectivity index (χ4v) is 3.80. The Balaban J connectivity index is 4.04. The Labute approximate surface area is 113 Å². The minimum atomic E-state index is -3.07. The summed E-state index contributed by atoms with van der Waals surface area (Å²) in [5, 5.41) is 3.29. The smallest absolute Gasteiger partial charge is 0.214 e. The average molecular weight is 278 g/mol. The summed E-state index contributed by atoms with van der Waals surface area (Å²) in [6.45, 7) is 10.6. The zero-order chi connectivity index (χ0) is 14.0. The second-order valence-electron chi connectivity index (χ2n) is 4.98. The number of hydrogen-bond acceptors (Lipinski definition) is 3. The average Bonchev–Trinajstić information content (AvgIpc) is 2.30. The zero-order valence-corrected chi connectivity index (χ0v) is 13.2. The SMILES string of the molecule is CCCNCCCCS(=O)(=O)N(CCC)C(C)C. The third-order valence-electron chi connectivity index (χ3n) is 2.81. The van der Waals surface area contributed by atoms with Crippen LogP contribution in [0.3, 0.4) is 0 Å². The molecule has 0 rings (SSSR count). The van der Waals surface area contributed by atoms with E-state index in [1.54, 1.807) is 4.31 Å². The first-order valence-corrected chi connectivity index (χ1v) is 8.76. The van der Waals surface area contributed by atoms with Crippen LogP contribution in [0.5, 0.6) is 0 Å². The fraction of sp³-hybridized carbons (Fsp3) is 1.00. The lowest BCUT2D eigenvalue weighted by Gasteiger charge is -2.25. The summed E-state index contributed by atoms with van der Waals surface area (Å²) in [5.74, 6) is 0.277. The highest BCUT2D eigenvalue weighted by molar-refractivity contribution is 7.89. The molecule has 0 aliphatic heterocycles. The molecule has 0 aromatic heterocycles. The zero-order valence-electron chi connectivity index (χ0n) is 12.4. The molecule has 110 valence electrons. The maximum atomic E-state index is 12.2. The monoisotopic (exact) mass is 278 g/mol. The molecular formula is C13H30N2O2S. The molecule has 0 atom stereocenters. The van der Waals surface area contributed by atoms with Crippen molar-refractivity contribution in [2.24, 2.45) is 0 Å². The molecule has 0 aromatic rings. The summed E-state index contributed by atoms with van der Waals surface area (Å²) in [4.78, 5) is 0. The Morgan fingerprint density at radius 3 is 2.22 bits per heavy atom. The molecule has 0 fully saturated rings. The molecule has 0 aromatic carbocycles. The Morgan fingerprint density at radius 1 is 1.06 bits per heavy atom. The van der Waals surface area contributed by atoms with Crippen molar-refractivity contribution in [1.29, 1.82) is 0 Å². The highest BCUT2D eigenvalue weighted by Crippen LogP contribution is 2.10. The molecule has 0 aliphatic carbocycles.